The van der Waals surface area contributed by atoms with Crippen LogP contribution in [-0.2, 0) is 11.3 Å². The number of amides is 1. The molecule has 4 rings (SSSR count). The number of hydrogen-bond donors (Lipinski definition) is 1. The molecule has 1 amide bonds. The molecule has 0 radical (unpaired) electrons. The highest BCUT2D eigenvalue weighted by Gasteiger charge is 2.18. The Kier molecular flexibility index (Phi) is 7.19. The summed E-state index contributed by atoms with van der Waals surface area (Å²) in [6.45, 7) is 4.23. The Bertz CT molecular complexity index is 1020. The molecule has 1 fully saturated rings. The lowest BCUT2D eigenvalue weighted by Crippen LogP contribution is -2.46. The first-order valence-corrected chi connectivity index (χ1v) is 10.8. The summed E-state index contributed by atoms with van der Waals surface area (Å²) in [5, 5.41) is 3.40. The van der Waals surface area contributed by atoms with Crippen molar-refractivity contribution in [1.82, 2.24) is 9.88 Å². The van der Waals surface area contributed by atoms with Crippen molar-refractivity contribution >= 4 is 29.0 Å². The number of piperazine rings is 1. The predicted molar refractivity (Wildman–Crippen MR) is 124 cm³/mol. The molecule has 1 aromatic heterocycles. The van der Waals surface area contributed by atoms with E-state index in [9.17, 15) is 9.18 Å². The smallest absolute Gasteiger partial charge is 0.262 e. The summed E-state index contributed by atoms with van der Waals surface area (Å²) in [5.41, 5.74) is 1.73. The van der Waals surface area contributed by atoms with Crippen LogP contribution in [0.5, 0.6) is 5.75 Å². The second-order valence-corrected chi connectivity index (χ2v) is 8.02. The second kappa shape index (κ2) is 10.4. The van der Waals surface area contributed by atoms with E-state index in [0.717, 1.165) is 44.1 Å². The quantitative estimate of drug-likeness (QED) is 0.579. The third-order valence-corrected chi connectivity index (χ3v) is 5.48. The lowest BCUT2D eigenvalue weighted by atomic mass is 10.2. The zero-order valence-corrected chi connectivity index (χ0v) is 18.3. The van der Waals surface area contributed by atoms with Crippen LogP contribution >= 0.6 is 11.6 Å². The molecular weight excluding hydrogens is 431 g/mol. The van der Waals surface area contributed by atoms with E-state index in [1.807, 2.05) is 24.3 Å². The SMILES string of the molecule is O=C(COc1ccc(Cl)cc1)Nc1ccc(N2CCN(Cc3ccc(F)cc3)CC2)nc1. The summed E-state index contributed by atoms with van der Waals surface area (Å²) in [6.07, 6.45) is 1.65. The molecule has 6 nitrogen and oxygen atoms in total. The van der Waals surface area contributed by atoms with Crippen LogP contribution in [-0.4, -0.2) is 48.6 Å². The van der Waals surface area contributed by atoms with Gasteiger partial charge >= 0.3 is 0 Å². The van der Waals surface area contributed by atoms with Crippen LogP contribution in [0.3, 0.4) is 0 Å². The Morgan fingerprint density at radius 1 is 1.00 bits per heavy atom. The Labute approximate surface area is 191 Å². The van der Waals surface area contributed by atoms with Gasteiger partial charge in [-0.05, 0) is 54.1 Å². The first kappa shape index (κ1) is 22.0. The lowest BCUT2D eigenvalue weighted by Gasteiger charge is -2.35. The van der Waals surface area contributed by atoms with E-state index < -0.39 is 0 Å². The van der Waals surface area contributed by atoms with E-state index in [1.165, 1.54) is 12.1 Å². The van der Waals surface area contributed by atoms with Crippen molar-refractivity contribution in [3.63, 3.8) is 0 Å². The number of halogens is 2. The molecular formula is C24H24ClFN4O2. The zero-order chi connectivity index (χ0) is 22.3. The van der Waals surface area contributed by atoms with Gasteiger partial charge in [-0.1, -0.05) is 23.7 Å². The summed E-state index contributed by atoms with van der Waals surface area (Å²) < 4.78 is 18.5. The Morgan fingerprint density at radius 3 is 2.38 bits per heavy atom. The largest absolute Gasteiger partial charge is 0.484 e. The van der Waals surface area contributed by atoms with Crippen LogP contribution in [0, 0.1) is 5.82 Å². The van der Waals surface area contributed by atoms with Crippen LogP contribution in [0.1, 0.15) is 5.56 Å². The molecule has 0 atom stereocenters. The first-order valence-electron chi connectivity index (χ1n) is 10.4. The molecule has 0 aliphatic carbocycles. The molecule has 0 bridgehead atoms. The highest BCUT2D eigenvalue weighted by molar-refractivity contribution is 6.30. The number of benzene rings is 2. The van der Waals surface area contributed by atoms with E-state index in [4.69, 9.17) is 16.3 Å². The van der Waals surface area contributed by atoms with Crippen molar-refractivity contribution in [3.05, 3.63) is 83.3 Å². The minimum absolute atomic E-state index is 0.0978. The van der Waals surface area contributed by atoms with Gasteiger partial charge < -0.3 is 15.0 Å². The lowest BCUT2D eigenvalue weighted by molar-refractivity contribution is -0.118. The number of carbonyl (C=O) groups is 1. The molecule has 1 saturated heterocycles. The van der Waals surface area contributed by atoms with Crippen molar-refractivity contribution in [2.24, 2.45) is 0 Å². The zero-order valence-electron chi connectivity index (χ0n) is 17.5. The molecule has 1 N–H and O–H groups in total. The van der Waals surface area contributed by atoms with Crippen molar-refractivity contribution in [3.8, 4) is 5.75 Å². The van der Waals surface area contributed by atoms with E-state index >= 15 is 0 Å². The fourth-order valence-corrected chi connectivity index (χ4v) is 3.63. The Hall–Kier alpha value is -3.16. The van der Waals surface area contributed by atoms with Crippen molar-refractivity contribution < 1.29 is 13.9 Å². The van der Waals surface area contributed by atoms with E-state index in [2.05, 4.69) is 20.1 Å². The molecule has 1 aliphatic rings. The summed E-state index contributed by atoms with van der Waals surface area (Å²) in [6, 6.07) is 17.3. The molecule has 2 aromatic carbocycles. The van der Waals surface area contributed by atoms with Crippen molar-refractivity contribution in [2.75, 3.05) is 43.0 Å². The summed E-state index contributed by atoms with van der Waals surface area (Å²) in [5.74, 6) is 0.987. The average molecular weight is 455 g/mol. The summed E-state index contributed by atoms with van der Waals surface area (Å²) in [7, 11) is 0. The number of ether oxygens (including phenoxy) is 1. The number of anilines is 2. The van der Waals surface area contributed by atoms with Crippen molar-refractivity contribution in [2.45, 2.75) is 6.54 Å². The maximum atomic E-state index is 13.1. The molecule has 8 heteroatoms. The molecule has 32 heavy (non-hydrogen) atoms. The third kappa shape index (κ3) is 6.18. The van der Waals surface area contributed by atoms with Gasteiger partial charge in [-0.3, -0.25) is 9.69 Å². The van der Waals surface area contributed by atoms with Gasteiger partial charge in [-0.15, -0.1) is 0 Å². The molecule has 1 aliphatic heterocycles. The van der Waals surface area contributed by atoms with Gasteiger partial charge in [0.2, 0.25) is 0 Å². The molecule has 0 unspecified atom stereocenters. The minimum atomic E-state index is -0.260. The fraction of sp³-hybridized carbons (Fsp3) is 0.250. The number of aromatic nitrogens is 1. The number of pyridine rings is 1. The van der Waals surface area contributed by atoms with Gasteiger partial charge in [-0.25, -0.2) is 9.37 Å². The molecule has 2 heterocycles. The number of nitrogens with one attached hydrogen (secondary N) is 1. The van der Waals surface area contributed by atoms with Crippen LogP contribution in [0.15, 0.2) is 66.9 Å². The maximum Gasteiger partial charge on any atom is 0.262 e. The fourth-order valence-electron chi connectivity index (χ4n) is 3.51. The topological polar surface area (TPSA) is 57.7 Å². The van der Waals surface area contributed by atoms with Crippen LogP contribution in [0.25, 0.3) is 0 Å². The average Bonchev–Trinajstić information content (AvgIpc) is 2.81. The van der Waals surface area contributed by atoms with Gasteiger partial charge in [0, 0.05) is 37.7 Å². The molecule has 0 spiro atoms. The summed E-state index contributed by atoms with van der Waals surface area (Å²) in [4.78, 5) is 21.2. The van der Waals surface area contributed by atoms with Gasteiger partial charge in [0.25, 0.3) is 5.91 Å². The minimum Gasteiger partial charge on any atom is -0.484 e. The maximum absolute atomic E-state index is 13.1. The Morgan fingerprint density at radius 2 is 1.72 bits per heavy atom. The monoisotopic (exact) mass is 454 g/mol. The van der Waals surface area contributed by atoms with E-state index in [1.54, 1.807) is 30.5 Å². The summed E-state index contributed by atoms with van der Waals surface area (Å²) >= 11 is 5.84. The van der Waals surface area contributed by atoms with E-state index in [0.29, 0.717) is 16.5 Å². The molecule has 3 aromatic rings. The predicted octanol–water partition coefficient (Wildman–Crippen LogP) is 4.21. The normalized spacial score (nSPS) is 14.2. The number of rotatable bonds is 7. The number of nitrogens with zero attached hydrogens (tertiary/aromatic N) is 3. The Balaban J connectivity index is 1.22. The van der Waals surface area contributed by atoms with Gasteiger partial charge in [-0.2, -0.15) is 0 Å². The highest BCUT2D eigenvalue weighted by Crippen LogP contribution is 2.18. The number of carbonyl (C=O) groups excluding carboxylic acids is 1. The molecule has 166 valence electrons. The van der Waals surface area contributed by atoms with E-state index in [-0.39, 0.29) is 18.3 Å². The van der Waals surface area contributed by atoms with Crippen LogP contribution in [0.4, 0.5) is 15.9 Å². The molecule has 0 saturated carbocycles. The standard InChI is InChI=1S/C24H24ClFN4O2/c25-19-3-8-22(9-4-19)32-17-24(31)28-21-7-10-23(27-15-21)30-13-11-29(12-14-30)16-18-1-5-20(26)6-2-18/h1-10,15H,11-14,16-17H2,(H,28,31). The first-order chi connectivity index (χ1) is 15.5. The van der Waals surface area contributed by atoms with Gasteiger partial charge in [0.05, 0.1) is 11.9 Å². The van der Waals surface area contributed by atoms with Crippen LogP contribution < -0.4 is 15.0 Å². The van der Waals surface area contributed by atoms with Crippen LogP contribution in [0.2, 0.25) is 5.02 Å². The number of hydrogen-bond acceptors (Lipinski definition) is 5. The van der Waals surface area contributed by atoms with Crippen molar-refractivity contribution in [1.29, 1.82) is 0 Å². The van der Waals surface area contributed by atoms with Gasteiger partial charge in [0.15, 0.2) is 6.61 Å². The third-order valence-electron chi connectivity index (χ3n) is 5.23. The highest BCUT2D eigenvalue weighted by atomic mass is 35.5. The van der Waals surface area contributed by atoms with Gasteiger partial charge in [0.1, 0.15) is 17.4 Å². The second-order valence-electron chi connectivity index (χ2n) is 7.59.